The Morgan fingerprint density at radius 2 is 1.89 bits per heavy atom. The first-order valence-electron chi connectivity index (χ1n) is 7.48. The molecular formula is C17H14ClF3N2O4S. The van der Waals surface area contributed by atoms with E-state index in [1.54, 1.807) is 0 Å². The van der Waals surface area contributed by atoms with Gasteiger partial charge in [-0.3, -0.25) is 4.79 Å². The summed E-state index contributed by atoms with van der Waals surface area (Å²) in [4.78, 5) is 11.7. The van der Waals surface area contributed by atoms with Crippen molar-refractivity contribution in [2.24, 2.45) is 5.14 Å². The standard InChI is InChI=1S/C17H14ClF3N2O4S/c1-27-14-6-4-12(9-15(14)28(22,25)26)23-16(24)7-2-10-8-11(17(19,20)21)3-5-13(10)18/h2-9H,1H3,(H,23,24)(H2,22,25,26). The van der Waals surface area contributed by atoms with Crippen LogP contribution >= 0.6 is 11.6 Å². The number of hydrogen-bond acceptors (Lipinski definition) is 4. The smallest absolute Gasteiger partial charge is 0.416 e. The average molecular weight is 435 g/mol. The average Bonchev–Trinajstić information content (AvgIpc) is 2.59. The van der Waals surface area contributed by atoms with Crippen molar-refractivity contribution in [3.63, 3.8) is 0 Å². The summed E-state index contributed by atoms with van der Waals surface area (Å²) in [6, 6.07) is 6.46. The van der Waals surface area contributed by atoms with Crippen molar-refractivity contribution in [2.75, 3.05) is 12.4 Å². The molecule has 150 valence electrons. The van der Waals surface area contributed by atoms with Gasteiger partial charge in [0.05, 0.1) is 12.7 Å². The van der Waals surface area contributed by atoms with Gasteiger partial charge in [0.2, 0.25) is 15.9 Å². The van der Waals surface area contributed by atoms with Gasteiger partial charge in [0.15, 0.2) is 0 Å². The van der Waals surface area contributed by atoms with Gasteiger partial charge in [-0.25, -0.2) is 13.6 Å². The molecule has 0 bridgehead atoms. The number of carbonyl (C=O) groups is 1. The Hall–Kier alpha value is -2.56. The number of methoxy groups -OCH3 is 1. The Kier molecular flexibility index (Phi) is 6.37. The maximum atomic E-state index is 12.8. The van der Waals surface area contributed by atoms with Gasteiger partial charge in [0.25, 0.3) is 0 Å². The molecule has 0 fully saturated rings. The van der Waals surface area contributed by atoms with Crippen LogP contribution in [0.25, 0.3) is 6.08 Å². The zero-order valence-corrected chi connectivity index (χ0v) is 15.8. The Balaban J connectivity index is 2.23. The number of ether oxygens (including phenoxy) is 1. The third-order valence-electron chi connectivity index (χ3n) is 3.48. The van der Waals surface area contributed by atoms with Crippen molar-refractivity contribution in [1.82, 2.24) is 0 Å². The molecule has 0 saturated heterocycles. The highest BCUT2D eigenvalue weighted by Crippen LogP contribution is 2.32. The predicted octanol–water partition coefficient (Wildman–Crippen LogP) is 3.67. The number of alkyl halides is 3. The molecule has 0 heterocycles. The maximum absolute atomic E-state index is 12.8. The first kappa shape index (κ1) is 21.7. The van der Waals surface area contributed by atoms with Crippen LogP contribution in [0, 0.1) is 0 Å². The van der Waals surface area contributed by atoms with Crippen LogP contribution in [0.5, 0.6) is 5.75 Å². The summed E-state index contributed by atoms with van der Waals surface area (Å²) < 4.78 is 66.3. The Labute approximate surface area is 163 Å². The van der Waals surface area contributed by atoms with Crippen LogP contribution in [0.15, 0.2) is 47.4 Å². The van der Waals surface area contributed by atoms with Gasteiger partial charge in [0.1, 0.15) is 10.6 Å². The highest BCUT2D eigenvalue weighted by atomic mass is 35.5. The molecule has 3 N–H and O–H groups in total. The van der Waals surface area contributed by atoms with Crippen LogP contribution in [0.1, 0.15) is 11.1 Å². The number of carbonyl (C=O) groups excluding carboxylic acids is 1. The van der Waals surface area contributed by atoms with Crippen molar-refractivity contribution >= 4 is 39.3 Å². The van der Waals surface area contributed by atoms with E-state index in [2.05, 4.69) is 5.32 Å². The molecule has 2 aromatic rings. The molecular weight excluding hydrogens is 421 g/mol. The van der Waals surface area contributed by atoms with Crippen LogP contribution in [0.3, 0.4) is 0 Å². The Morgan fingerprint density at radius 1 is 1.21 bits per heavy atom. The fraction of sp³-hybridized carbons (Fsp3) is 0.118. The van der Waals surface area contributed by atoms with E-state index in [0.29, 0.717) is 0 Å². The van der Waals surface area contributed by atoms with Crippen molar-refractivity contribution in [3.8, 4) is 5.75 Å². The molecule has 0 spiro atoms. The summed E-state index contributed by atoms with van der Waals surface area (Å²) in [7, 11) is -2.85. The fourth-order valence-electron chi connectivity index (χ4n) is 2.17. The van der Waals surface area contributed by atoms with E-state index in [4.69, 9.17) is 21.5 Å². The number of primary sulfonamides is 1. The van der Waals surface area contributed by atoms with E-state index in [9.17, 15) is 26.4 Å². The van der Waals surface area contributed by atoms with Gasteiger partial charge in [-0.2, -0.15) is 13.2 Å². The number of nitrogens with one attached hydrogen (secondary N) is 1. The largest absolute Gasteiger partial charge is 0.495 e. The van der Waals surface area contributed by atoms with Crippen LogP contribution in [0.4, 0.5) is 18.9 Å². The van der Waals surface area contributed by atoms with Crippen molar-refractivity contribution in [2.45, 2.75) is 11.1 Å². The normalized spacial score (nSPS) is 12.2. The van der Waals surface area contributed by atoms with E-state index in [1.807, 2.05) is 0 Å². The molecule has 0 atom stereocenters. The van der Waals surface area contributed by atoms with E-state index in [1.165, 1.54) is 19.2 Å². The number of halogens is 4. The third kappa shape index (κ3) is 5.47. The first-order valence-corrected chi connectivity index (χ1v) is 9.41. The molecule has 0 aliphatic carbocycles. The summed E-state index contributed by atoms with van der Waals surface area (Å²) in [6.07, 6.45) is -2.48. The van der Waals surface area contributed by atoms with E-state index in [-0.39, 0.29) is 26.9 Å². The van der Waals surface area contributed by atoms with E-state index in [0.717, 1.165) is 36.4 Å². The lowest BCUT2D eigenvalue weighted by atomic mass is 10.1. The van der Waals surface area contributed by atoms with Gasteiger partial charge in [0, 0.05) is 16.8 Å². The molecule has 0 aromatic heterocycles. The lowest BCUT2D eigenvalue weighted by Gasteiger charge is -2.10. The number of nitrogens with two attached hydrogens (primary N) is 1. The quantitative estimate of drug-likeness (QED) is 0.701. The molecule has 0 aliphatic heterocycles. The molecule has 11 heteroatoms. The van der Waals surface area contributed by atoms with Crippen LogP contribution in [-0.4, -0.2) is 21.4 Å². The molecule has 6 nitrogen and oxygen atoms in total. The minimum atomic E-state index is -4.55. The molecule has 2 rings (SSSR count). The summed E-state index contributed by atoms with van der Waals surface area (Å²) in [6.45, 7) is 0. The second kappa shape index (κ2) is 8.21. The second-order valence-corrected chi connectivity index (χ2v) is 7.40. The summed E-state index contributed by atoms with van der Waals surface area (Å²) >= 11 is 5.85. The molecule has 2 aromatic carbocycles. The summed E-state index contributed by atoms with van der Waals surface area (Å²) in [5.74, 6) is -0.731. The number of rotatable bonds is 5. The minimum Gasteiger partial charge on any atom is -0.495 e. The molecule has 28 heavy (non-hydrogen) atoms. The van der Waals surface area contributed by atoms with Gasteiger partial charge in [-0.15, -0.1) is 0 Å². The van der Waals surface area contributed by atoms with Crippen molar-refractivity contribution < 1.29 is 31.1 Å². The number of hydrogen-bond donors (Lipinski definition) is 2. The first-order chi connectivity index (χ1) is 12.9. The molecule has 0 aliphatic rings. The topological polar surface area (TPSA) is 98.5 Å². The van der Waals surface area contributed by atoms with Gasteiger partial charge < -0.3 is 10.1 Å². The zero-order chi connectivity index (χ0) is 21.1. The number of sulfonamides is 1. The minimum absolute atomic E-state index is 0.00760. The van der Waals surface area contributed by atoms with Gasteiger partial charge >= 0.3 is 6.18 Å². The van der Waals surface area contributed by atoms with E-state index < -0.39 is 27.7 Å². The lowest BCUT2D eigenvalue weighted by Crippen LogP contribution is -2.15. The van der Waals surface area contributed by atoms with Crippen LogP contribution in [-0.2, 0) is 21.0 Å². The third-order valence-corrected chi connectivity index (χ3v) is 4.75. The zero-order valence-electron chi connectivity index (χ0n) is 14.2. The monoisotopic (exact) mass is 434 g/mol. The maximum Gasteiger partial charge on any atom is 0.416 e. The molecule has 1 amide bonds. The Morgan fingerprint density at radius 3 is 2.46 bits per heavy atom. The highest BCUT2D eigenvalue weighted by Gasteiger charge is 2.30. The molecule has 0 radical (unpaired) electrons. The number of amides is 1. The van der Waals surface area contributed by atoms with Gasteiger partial charge in [-0.1, -0.05) is 11.6 Å². The fourth-order valence-corrected chi connectivity index (χ4v) is 3.08. The highest BCUT2D eigenvalue weighted by molar-refractivity contribution is 7.89. The number of anilines is 1. The van der Waals surface area contributed by atoms with E-state index >= 15 is 0 Å². The van der Waals surface area contributed by atoms with Crippen molar-refractivity contribution in [1.29, 1.82) is 0 Å². The summed E-state index contributed by atoms with van der Waals surface area (Å²) in [5.41, 5.74) is -0.828. The predicted molar refractivity (Wildman–Crippen MR) is 98.5 cm³/mol. The van der Waals surface area contributed by atoms with Crippen LogP contribution < -0.4 is 15.2 Å². The number of benzene rings is 2. The lowest BCUT2D eigenvalue weighted by molar-refractivity contribution is -0.137. The SMILES string of the molecule is COc1ccc(NC(=O)C=Cc2cc(C(F)(F)F)ccc2Cl)cc1S(N)(=O)=O. The van der Waals surface area contributed by atoms with Gasteiger partial charge in [-0.05, 0) is 48.0 Å². The van der Waals surface area contributed by atoms with Crippen LogP contribution in [0.2, 0.25) is 5.02 Å². The second-order valence-electron chi connectivity index (χ2n) is 5.47. The molecule has 0 saturated carbocycles. The molecule has 0 unspecified atom stereocenters. The van der Waals surface area contributed by atoms with Crippen molar-refractivity contribution in [3.05, 3.63) is 58.6 Å². The summed E-state index contributed by atoms with van der Waals surface area (Å²) in [5, 5.41) is 7.49. The Bertz CT molecular complexity index is 1040.